The minimum atomic E-state index is -0.270. The lowest BCUT2D eigenvalue weighted by molar-refractivity contribution is 0.153. The summed E-state index contributed by atoms with van der Waals surface area (Å²) in [7, 11) is 1.50. The van der Waals surface area contributed by atoms with E-state index in [0.29, 0.717) is 11.7 Å². The molecule has 1 aromatic rings. The lowest BCUT2D eigenvalue weighted by atomic mass is 9.95. The highest BCUT2D eigenvalue weighted by molar-refractivity contribution is 5.85. The molecule has 0 bridgehead atoms. The summed E-state index contributed by atoms with van der Waals surface area (Å²) >= 11 is 0. The maximum absolute atomic E-state index is 14.0. The van der Waals surface area contributed by atoms with Crippen LogP contribution in [0.2, 0.25) is 0 Å². The predicted molar refractivity (Wildman–Crippen MR) is 86.8 cm³/mol. The first-order valence-corrected chi connectivity index (χ1v) is 7.40. The molecule has 0 aromatic heterocycles. The molecule has 1 saturated heterocycles. The Morgan fingerprint density at radius 2 is 1.95 bits per heavy atom. The van der Waals surface area contributed by atoms with Gasteiger partial charge >= 0.3 is 0 Å². The highest BCUT2D eigenvalue weighted by atomic mass is 35.5. The second-order valence-corrected chi connectivity index (χ2v) is 5.83. The van der Waals surface area contributed by atoms with E-state index >= 15 is 0 Å². The van der Waals surface area contributed by atoms with Gasteiger partial charge in [0.15, 0.2) is 11.6 Å². The quantitative estimate of drug-likeness (QED) is 0.902. The van der Waals surface area contributed by atoms with Crippen molar-refractivity contribution in [1.82, 2.24) is 10.2 Å². The molecule has 1 aromatic carbocycles. The smallest absolute Gasteiger partial charge is 0.165 e. The van der Waals surface area contributed by atoms with Crippen LogP contribution in [0.15, 0.2) is 18.2 Å². The third kappa shape index (κ3) is 4.83. The fraction of sp³-hybridized carbons (Fsp3) is 0.625. The van der Waals surface area contributed by atoms with Crippen LogP contribution < -0.4 is 10.1 Å². The van der Waals surface area contributed by atoms with E-state index in [1.54, 1.807) is 12.1 Å². The van der Waals surface area contributed by atoms with Gasteiger partial charge in [-0.1, -0.05) is 19.9 Å². The van der Waals surface area contributed by atoms with Crippen molar-refractivity contribution in [2.75, 3.05) is 33.3 Å². The van der Waals surface area contributed by atoms with Crippen LogP contribution in [0.1, 0.15) is 31.9 Å². The minimum Gasteiger partial charge on any atom is -0.494 e. The third-order valence-corrected chi connectivity index (χ3v) is 3.85. The molecule has 1 N–H and O–H groups in total. The fourth-order valence-corrected chi connectivity index (χ4v) is 2.83. The van der Waals surface area contributed by atoms with Crippen LogP contribution >= 0.6 is 12.4 Å². The van der Waals surface area contributed by atoms with Crippen LogP contribution in [-0.4, -0.2) is 38.2 Å². The van der Waals surface area contributed by atoms with E-state index in [1.165, 1.54) is 7.11 Å². The van der Waals surface area contributed by atoms with Crippen molar-refractivity contribution in [2.45, 2.75) is 26.3 Å². The van der Waals surface area contributed by atoms with Crippen LogP contribution in [-0.2, 0) is 0 Å². The monoisotopic (exact) mass is 316 g/mol. The molecule has 1 fully saturated rings. The van der Waals surface area contributed by atoms with Gasteiger partial charge in [0.1, 0.15) is 0 Å². The Kier molecular flexibility index (Phi) is 7.43. The summed E-state index contributed by atoms with van der Waals surface area (Å²) in [5, 5.41) is 3.37. The average Bonchev–Trinajstić information content (AvgIpc) is 2.45. The van der Waals surface area contributed by atoms with Gasteiger partial charge in [-0.2, -0.15) is 0 Å². The number of hydrogen-bond acceptors (Lipinski definition) is 3. The standard InChI is InChI=1S/C16H25FN2O.ClH/c1-12(2)10-15(19-8-6-18-7-9-19)13-4-5-16(20-3)14(17)11-13;/h4-5,11-12,15,18H,6-10H2,1-3H3;1H/t15-;/m0./s1. The number of nitrogens with one attached hydrogen (secondary N) is 1. The number of hydrogen-bond donors (Lipinski definition) is 1. The molecule has 120 valence electrons. The topological polar surface area (TPSA) is 24.5 Å². The SMILES string of the molecule is COc1ccc([C@H](CC(C)C)N2CCNCC2)cc1F.Cl. The zero-order valence-electron chi connectivity index (χ0n) is 13.1. The molecule has 0 saturated carbocycles. The molecule has 0 aliphatic carbocycles. The average molecular weight is 317 g/mol. The summed E-state index contributed by atoms with van der Waals surface area (Å²) < 4.78 is 19.0. The molecule has 0 radical (unpaired) electrons. The van der Waals surface area contributed by atoms with Gasteiger partial charge in [-0.25, -0.2) is 4.39 Å². The largest absolute Gasteiger partial charge is 0.494 e. The number of halogens is 2. The molecule has 0 amide bonds. The molecule has 0 spiro atoms. The van der Waals surface area contributed by atoms with Crippen LogP contribution in [0.3, 0.4) is 0 Å². The molecule has 1 atom stereocenters. The Labute approximate surface area is 133 Å². The summed E-state index contributed by atoms with van der Waals surface area (Å²) in [6.07, 6.45) is 1.05. The van der Waals surface area contributed by atoms with E-state index in [-0.39, 0.29) is 24.3 Å². The van der Waals surface area contributed by atoms with Crippen molar-refractivity contribution < 1.29 is 9.13 Å². The first-order chi connectivity index (χ1) is 9.61. The van der Waals surface area contributed by atoms with Gasteiger partial charge < -0.3 is 10.1 Å². The van der Waals surface area contributed by atoms with Crippen molar-refractivity contribution in [2.24, 2.45) is 5.92 Å². The second-order valence-electron chi connectivity index (χ2n) is 5.83. The van der Waals surface area contributed by atoms with Crippen molar-refractivity contribution in [3.05, 3.63) is 29.6 Å². The zero-order valence-corrected chi connectivity index (χ0v) is 13.9. The Morgan fingerprint density at radius 3 is 2.48 bits per heavy atom. The summed E-state index contributed by atoms with van der Waals surface area (Å²) in [5.41, 5.74) is 1.05. The number of ether oxygens (including phenoxy) is 1. The molecule has 3 nitrogen and oxygen atoms in total. The summed E-state index contributed by atoms with van der Waals surface area (Å²) in [5.74, 6) is 0.631. The Balaban J connectivity index is 0.00000220. The van der Waals surface area contributed by atoms with Gasteiger partial charge in [0, 0.05) is 32.2 Å². The van der Waals surface area contributed by atoms with Crippen molar-refractivity contribution in [3.63, 3.8) is 0 Å². The molecule has 2 rings (SSSR count). The summed E-state index contributed by atoms with van der Waals surface area (Å²) in [4.78, 5) is 2.46. The Hall–Kier alpha value is -0.840. The number of piperazine rings is 1. The van der Waals surface area contributed by atoms with Crippen LogP contribution in [0, 0.1) is 11.7 Å². The summed E-state index contributed by atoms with van der Waals surface area (Å²) in [6.45, 7) is 8.49. The van der Waals surface area contributed by atoms with E-state index in [9.17, 15) is 4.39 Å². The second kappa shape index (κ2) is 8.57. The third-order valence-electron chi connectivity index (χ3n) is 3.85. The number of benzene rings is 1. The summed E-state index contributed by atoms with van der Waals surface area (Å²) in [6, 6.07) is 5.66. The van der Waals surface area contributed by atoms with Gasteiger partial charge in [0.05, 0.1) is 7.11 Å². The van der Waals surface area contributed by atoms with Crippen molar-refractivity contribution >= 4 is 12.4 Å². The van der Waals surface area contributed by atoms with E-state index in [2.05, 4.69) is 24.1 Å². The van der Waals surface area contributed by atoms with Crippen molar-refractivity contribution in [3.8, 4) is 5.75 Å². The van der Waals surface area contributed by atoms with E-state index < -0.39 is 0 Å². The Morgan fingerprint density at radius 1 is 1.29 bits per heavy atom. The molecular formula is C16H26ClFN2O. The van der Waals surface area contributed by atoms with Gasteiger partial charge in [0.2, 0.25) is 0 Å². The molecular weight excluding hydrogens is 291 g/mol. The highest BCUT2D eigenvalue weighted by Crippen LogP contribution is 2.30. The minimum absolute atomic E-state index is 0. The molecule has 0 unspecified atom stereocenters. The van der Waals surface area contributed by atoms with Crippen molar-refractivity contribution in [1.29, 1.82) is 0 Å². The lowest BCUT2D eigenvalue weighted by Gasteiger charge is -2.36. The normalized spacial score (nSPS) is 17.4. The number of methoxy groups -OCH3 is 1. The predicted octanol–water partition coefficient (Wildman–Crippen LogP) is 3.25. The Bertz CT molecular complexity index is 436. The first-order valence-electron chi connectivity index (χ1n) is 7.40. The highest BCUT2D eigenvalue weighted by Gasteiger charge is 2.23. The van der Waals surface area contributed by atoms with E-state index in [4.69, 9.17) is 4.74 Å². The maximum Gasteiger partial charge on any atom is 0.165 e. The fourth-order valence-electron chi connectivity index (χ4n) is 2.83. The number of rotatable bonds is 5. The van der Waals surface area contributed by atoms with E-state index in [1.807, 2.05) is 6.07 Å². The maximum atomic E-state index is 14.0. The zero-order chi connectivity index (χ0) is 14.5. The molecule has 1 heterocycles. The molecule has 5 heteroatoms. The van der Waals surface area contributed by atoms with Crippen LogP contribution in [0.25, 0.3) is 0 Å². The molecule has 1 aliphatic rings. The molecule has 1 aliphatic heterocycles. The van der Waals surface area contributed by atoms with Crippen LogP contribution in [0.4, 0.5) is 4.39 Å². The molecule has 21 heavy (non-hydrogen) atoms. The van der Waals surface area contributed by atoms with Crippen LogP contribution in [0.5, 0.6) is 5.75 Å². The first kappa shape index (κ1) is 18.2. The van der Waals surface area contributed by atoms with Gasteiger partial charge in [-0.05, 0) is 30.0 Å². The van der Waals surface area contributed by atoms with E-state index in [0.717, 1.165) is 38.2 Å². The van der Waals surface area contributed by atoms with Gasteiger partial charge in [-0.3, -0.25) is 4.90 Å². The number of nitrogens with zero attached hydrogens (tertiary/aromatic N) is 1. The van der Waals surface area contributed by atoms with Gasteiger partial charge in [0.25, 0.3) is 0 Å². The van der Waals surface area contributed by atoms with Gasteiger partial charge in [-0.15, -0.1) is 12.4 Å². The lowest BCUT2D eigenvalue weighted by Crippen LogP contribution is -2.45.